The molecule has 0 spiro atoms. The van der Waals surface area contributed by atoms with Gasteiger partial charge in [0, 0.05) is 21.7 Å². The molecule has 6 amide bonds. The number of rotatable bonds is 33. The molecule has 0 radical (unpaired) electrons. The molecule has 1 aromatic carbocycles. The lowest BCUT2D eigenvalue weighted by molar-refractivity contribution is -0.160. The highest BCUT2D eigenvalue weighted by Crippen LogP contribution is 2.44. The van der Waals surface area contributed by atoms with Gasteiger partial charge in [0.15, 0.2) is 38.0 Å². The first-order valence-electron chi connectivity index (χ1n) is 28.1. The third kappa shape index (κ3) is 20.9. The van der Waals surface area contributed by atoms with E-state index in [1.54, 1.807) is 26.0 Å². The number of aliphatic hydroxyl groups is 1. The van der Waals surface area contributed by atoms with Crippen LogP contribution in [-0.4, -0.2) is 181 Å². The second-order valence-electron chi connectivity index (χ2n) is 23.3. The van der Waals surface area contributed by atoms with E-state index >= 15 is 4.79 Å². The summed E-state index contributed by atoms with van der Waals surface area (Å²) in [4.78, 5) is 128. The van der Waals surface area contributed by atoms with Crippen LogP contribution in [-0.2, 0) is 61.7 Å². The van der Waals surface area contributed by atoms with Crippen molar-refractivity contribution in [3.63, 3.8) is 0 Å². The number of aliphatic hydroxyl groups excluding tert-OH is 1. The molecule has 0 aromatic heterocycles. The van der Waals surface area contributed by atoms with Crippen LogP contribution < -0.4 is 30.7 Å². The van der Waals surface area contributed by atoms with Gasteiger partial charge >= 0.3 is 30.1 Å². The largest absolute Gasteiger partial charge is 0.486 e. The lowest BCUT2D eigenvalue weighted by Gasteiger charge is -2.43. The summed E-state index contributed by atoms with van der Waals surface area (Å²) >= 11 is 0. The third-order valence-corrected chi connectivity index (χ3v) is 20.7. The van der Waals surface area contributed by atoms with Crippen LogP contribution in [0.2, 0.25) is 43.8 Å². The Bertz CT molecular complexity index is 2720. The van der Waals surface area contributed by atoms with Gasteiger partial charge in [-0.3, -0.25) is 24.1 Å². The number of allylic oxidation sites excluding steroid dienone is 1. The summed E-state index contributed by atoms with van der Waals surface area (Å²) in [6.07, 6.45) is 1.79. The van der Waals surface area contributed by atoms with Crippen molar-refractivity contribution in [2.24, 2.45) is 0 Å². The average molecular weight is 1240 g/mol. The molecule has 26 heteroatoms. The Morgan fingerprint density at radius 2 is 1.43 bits per heavy atom. The molecule has 0 saturated heterocycles. The van der Waals surface area contributed by atoms with Gasteiger partial charge in [-0.2, -0.15) is 0 Å². The highest BCUT2D eigenvalue weighted by atomic mass is 28.4. The number of nitrogens with zero attached hydrogens (tertiary/aromatic N) is 2. The first-order chi connectivity index (χ1) is 40.0. The fourth-order valence-electron chi connectivity index (χ4n) is 7.96. The van der Waals surface area contributed by atoms with Crippen LogP contribution in [0, 0.1) is 0 Å². The number of benzene rings is 1. The van der Waals surface area contributed by atoms with Gasteiger partial charge in [-0.05, 0) is 86.6 Å². The highest BCUT2D eigenvalue weighted by Gasteiger charge is 2.49. The topological polar surface area (TPSA) is 302 Å². The van der Waals surface area contributed by atoms with Gasteiger partial charge in [-0.25, -0.2) is 24.0 Å². The van der Waals surface area contributed by atoms with Crippen LogP contribution >= 0.6 is 0 Å². The number of nitrogens with one attached hydrogen (secondary N) is 4. The number of esters is 3. The highest BCUT2D eigenvalue weighted by molar-refractivity contribution is 6.76. The lowest BCUT2D eigenvalue weighted by atomic mass is 9.90. The molecule has 0 bridgehead atoms. The van der Waals surface area contributed by atoms with Gasteiger partial charge < -0.3 is 68.9 Å². The normalized spacial score (nSPS) is 16.2. The number of methoxy groups -OCH3 is 2. The van der Waals surface area contributed by atoms with Crippen molar-refractivity contribution in [3.05, 3.63) is 97.3 Å². The van der Waals surface area contributed by atoms with E-state index < -0.39 is 129 Å². The number of carbonyl (C=O) groups is 9. The molecular formula is C60H92N6O18Si2. The molecule has 8 atom stereocenters. The van der Waals surface area contributed by atoms with Crippen LogP contribution in [0.4, 0.5) is 9.59 Å². The number of amides is 6. The third-order valence-electron chi connectivity index (χ3n) is 14.5. The molecule has 2 rings (SSSR count). The fourth-order valence-corrected chi connectivity index (χ4v) is 9.93. The van der Waals surface area contributed by atoms with Crippen LogP contribution in [0.3, 0.4) is 0 Å². The Morgan fingerprint density at radius 3 is 1.97 bits per heavy atom. The molecular weight excluding hydrogens is 1150 g/mol. The van der Waals surface area contributed by atoms with Crippen molar-refractivity contribution in [2.45, 2.75) is 160 Å². The van der Waals surface area contributed by atoms with Crippen molar-refractivity contribution in [1.29, 1.82) is 0 Å². The molecule has 0 fully saturated rings. The zero-order valence-electron chi connectivity index (χ0n) is 52.9. The van der Waals surface area contributed by atoms with Gasteiger partial charge in [-0.1, -0.05) is 117 Å². The number of ether oxygens (including phenoxy) is 7. The van der Waals surface area contributed by atoms with Crippen LogP contribution in [0.1, 0.15) is 79.9 Å². The molecule has 0 saturated carbocycles. The number of hydrogen-bond donors (Lipinski definition) is 5. The maximum absolute atomic E-state index is 15.7. The SMILES string of the molecule is C=CCOC(=O)N[C@@H](C(=C)C)C(=O)N[C@H](C(=O)N1CC=C[C@H]1C(=O)N/C(C(=O)N[C@@H](C(=O)OC)[C@H](O)C(=O)OC)=C(\C)CC)[C@@](C)(CC)Oc1cc([C@H](O[Si](C)(C)C(C)(C)C)[C@@H](C(=O)OCC=C)N(C)C(=O)OCC[Si](C)(C)C)ccc1OCC=C. The lowest BCUT2D eigenvalue weighted by Crippen LogP contribution is -2.65. The van der Waals surface area contributed by atoms with Gasteiger partial charge in [0.1, 0.15) is 55.3 Å². The Balaban J connectivity index is 3.07. The standard InChI is InChI=1S/C60H92N6O18Si2/c1-21-31-79-41-29-28-39(48(84-86(19,20)59(9,10)11)46(55(73)80-32-22-2)65(13)58(76)82-34-35-85(16,17)18)36-42(41)83-60(12,25-5)49(64-51(69)43(37(6)7)63-57(75)81-33-23-3)53(71)66-30-26-27-40(66)50(68)61-44(38(8)24-4)52(70)62-45(54(72)77-14)47(67)56(74)78-15/h21-23,26-29,36,40,43,45-49,67H,1-3,6,24-25,30-35H2,4-5,7-20H3,(H,61,68)(H,62,70)(H,63,75)(H,64,69)/b44-38+/t40-,43-,45+,46-,47-,48-,49+,60+/m0/s1. The first-order valence-corrected chi connectivity index (χ1v) is 34.7. The van der Waals surface area contributed by atoms with Crippen molar-refractivity contribution >= 4 is 70.1 Å². The van der Waals surface area contributed by atoms with Gasteiger partial charge in [0.2, 0.25) is 5.91 Å². The van der Waals surface area contributed by atoms with E-state index in [4.69, 9.17) is 32.8 Å². The van der Waals surface area contributed by atoms with Crippen LogP contribution in [0.5, 0.6) is 11.5 Å². The fraction of sp³-hybridized carbons (Fsp3) is 0.550. The maximum atomic E-state index is 15.7. The van der Waals surface area contributed by atoms with Crippen molar-refractivity contribution in [3.8, 4) is 11.5 Å². The van der Waals surface area contributed by atoms with Crippen molar-refractivity contribution < 1.29 is 85.8 Å². The Morgan fingerprint density at radius 1 is 0.826 bits per heavy atom. The van der Waals surface area contributed by atoms with Crippen molar-refractivity contribution in [2.75, 3.05) is 54.2 Å². The molecule has 86 heavy (non-hydrogen) atoms. The van der Waals surface area contributed by atoms with Crippen LogP contribution in [0.25, 0.3) is 0 Å². The van der Waals surface area contributed by atoms with E-state index in [-0.39, 0.29) is 74.0 Å². The molecule has 1 aliphatic rings. The average Bonchev–Trinajstić information content (AvgIpc) is 1.52. The minimum atomic E-state index is -2.94. The van der Waals surface area contributed by atoms with E-state index in [0.717, 1.165) is 24.0 Å². The van der Waals surface area contributed by atoms with E-state index in [9.17, 15) is 43.5 Å². The second kappa shape index (κ2) is 33.4. The van der Waals surface area contributed by atoms with E-state index in [1.807, 2.05) is 33.9 Å². The number of hydrogen-bond acceptors (Lipinski definition) is 18. The number of alkyl carbamates (subject to hydrolysis) is 1. The minimum absolute atomic E-state index is 0.0574. The van der Waals surface area contributed by atoms with E-state index in [0.29, 0.717) is 6.04 Å². The summed E-state index contributed by atoms with van der Waals surface area (Å²) < 4.78 is 46.2. The van der Waals surface area contributed by atoms with E-state index in [2.05, 4.69) is 72.0 Å². The van der Waals surface area contributed by atoms with Gasteiger partial charge in [-0.15, -0.1) is 0 Å². The maximum Gasteiger partial charge on any atom is 0.410 e. The number of likely N-dealkylation sites (N-methyl/N-ethyl adjacent to an activating group) is 1. The molecule has 0 unspecified atom stereocenters. The monoisotopic (exact) mass is 1240 g/mol. The zero-order valence-corrected chi connectivity index (χ0v) is 54.9. The summed E-state index contributed by atoms with van der Waals surface area (Å²) in [6.45, 7) is 38.4. The summed E-state index contributed by atoms with van der Waals surface area (Å²) in [5, 5.41) is 20.2. The molecule has 1 heterocycles. The molecule has 478 valence electrons. The van der Waals surface area contributed by atoms with Gasteiger partial charge in [0.25, 0.3) is 17.7 Å². The zero-order chi connectivity index (χ0) is 65.7. The Labute approximate surface area is 508 Å². The van der Waals surface area contributed by atoms with Gasteiger partial charge in [0.05, 0.1) is 20.8 Å². The molecule has 1 aliphatic heterocycles. The summed E-state index contributed by atoms with van der Waals surface area (Å²) in [5.41, 5.74) is -1.60. The Kier molecular flexibility index (Phi) is 28.9. The quantitative estimate of drug-likeness (QED) is 0.0166. The predicted octanol–water partition coefficient (Wildman–Crippen LogP) is 6.47. The van der Waals surface area contributed by atoms with E-state index in [1.165, 1.54) is 64.3 Å². The second-order valence-corrected chi connectivity index (χ2v) is 33.7. The summed E-state index contributed by atoms with van der Waals surface area (Å²) in [5.74, 6) is -7.24. The first kappa shape index (κ1) is 74.5. The number of carbonyl (C=O) groups excluding carboxylic acids is 9. The molecule has 1 aromatic rings. The summed E-state index contributed by atoms with van der Waals surface area (Å²) in [6, 6.07) is -2.93. The smallest absolute Gasteiger partial charge is 0.410 e. The summed E-state index contributed by atoms with van der Waals surface area (Å²) in [7, 11) is -1.30. The van der Waals surface area contributed by atoms with Crippen LogP contribution in [0.15, 0.2) is 91.7 Å². The van der Waals surface area contributed by atoms with Crippen molar-refractivity contribution in [1.82, 2.24) is 31.1 Å². The Hall–Kier alpha value is -7.56. The molecule has 24 nitrogen and oxygen atoms in total. The predicted molar refractivity (Wildman–Crippen MR) is 328 cm³/mol. The molecule has 5 N–H and O–H groups in total. The minimum Gasteiger partial charge on any atom is -0.486 e. The molecule has 0 aliphatic carbocycles.